The first-order valence-electron chi connectivity index (χ1n) is 10.7. The highest BCUT2D eigenvalue weighted by atomic mass is 127. The van der Waals surface area contributed by atoms with E-state index in [4.69, 9.17) is 28.8 Å². The van der Waals surface area contributed by atoms with Crippen LogP contribution in [0.1, 0.15) is 33.9 Å². The van der Waals surface area contributed by atoms with Crippen molar-refractivity contribution in [2.45, 2.75) is 63.9 Å². The molecular formula is C18H28FIN6O8P2. The number of fused-ring (bicyclic) bond motifs is 1. The van der Waals surface area contributed by atoms with E-state index in [2.05, 4.69) is 20.0 Å². The Morgan fingerprint density at radius 3 is 2.78 bits per heavy atom. The molecule has 7 atom stereocenters. The van der Waals surface area contributed by atoms with Crippen molar-refractivity contribution in [3.05, 3.63) is 6.33 Å². The zero-order valence-electron chi connectivity index (χ0n) is 20.0. The number of aliphatic hydroxyl groups is 1. The van der Waals surface area contributed by atoms with Gasteiger partial charge in [-0.2, -0.15) is 9.97 Å². The number of nitrogens with zero attached hydrogens (tertiary/aromatic N) is 4. The van der Waals surface area contributed by atoms with Crippen molar-refractivity contribution < 1.29 is 41.9 Å². The number of nitrogens with two attached hydrogens (primary N) is 1. The molecule has 14 nitrogen and oxygen atoms in total. The lowest BCUT2D eigenvalue weighted by Crippen LogP contribution is -2.41. The minimum absolute atomic E-state index is 0.0872. The molecule has 1 aliphatic rings. The predicted molar refractivity (Wildman–Crippen MR) is 137 cm³/mol. The second-order valence-corrected chi connectivity index (χ2v) is 12.1. The minimum atomic E-state index is -4.06. The van der Waals surface area contributed by atoms with Gasteiger partial charge in [0.2, 0.25) is 11.8 Å². The van der Waals surface area contributed by atoms with Gasteiger partial charge in [-0.1, -0.05) is 0 Å². The lowest BCUT2D eigenvalue weighted by atomic mass is 9.98. The number of imidazole rings is 1. The van der Waals surface area contributed by atoms with Crippen LogP contribution in [-0.2, 0) is 27.7 Å². The fourth-order valence-electron chi connectivity index (χ4n) is 3.50. The highest BCUT2D eigenvalue weighted by Gasteiger charge is 2.56. The van der Waals surface area contributed by atoms with Crippen LogP contribution in [0, 0.1) is 0 Å². The van der Waals surface area contributed by atoms with Gasteiger partial charge in [0, 0.05) is 0 Å². The van der Waals surface area contributed by atoms with Crippen LogP contribution >= 0.6 is 36.2 Å². The fourth-order valence-corrected chi connectivity index (χ4v) is 7.62. The van der Waals surface area contributed by atoms with Crippen LogP contribution in [-0.4, -0.2) is 74.3 Å². The molecule has 2 unspecified atom stereocenters. The van der Waals surface area contributed by atoms with Crippen molar-refractivity contribution in [3.63, 3.8) is 0 Å². The third kappa shape index (κ3) is 6.23. The molecule has 0 spiro atoms. The summed E-state index contributed by atoms with van der Waals surface area (Å²) in [4.78, 5) is 24.3. The molecule has 36 heavy (non-hydrogen) atoms. The van der Waals surface area contributed by atoms with Gasteiger partial charge in [-0.25, -0.2) is 19.0 Å². The number of alkyl halides is 1. The number of aromatic nitrogens is 4. The SMILES string of the molecule is COc1nc(N)nc2c1ncn2[C@@H]1O[C@H](COP(=O)(N[C@@H](C)C(=O)OC(C)C)OPI)[C@@H](O)[C@@]1(C)F. The number of carbonyl (C=O) groups is 1. The molecule has 0 aliphatic carbocycles. The molecule has 0 amide bonds. The van der Waals surface area contributed by atoms with E-state index in [9.17, 15) is 14.5 Å². The van der Waals surface area contributed by atoms with Crippen LogP contribution in [0.2, 0.25) is 0 Å². The van der Waals surface area contributed by atoms with Crippen molar-refractivity contribution >= 4 is 59.3 Å². The topological polar surface area (TPSA) is 182 Å². The molecule has 2 aromatic rings. The van der Waals surface area contributed by atoms with Gasteiger partial charge < -0.3 is 25.1 Å². The molecule has 0 bridgehead atoms. The third-order valence-electron chi connectivity index (χ3n) is 5.19. The van der Waals surface area contributed by atoms with Crippen molar-refractivity contribution in [2.24, 2.45) is 0 Å². The quantitative estimate of drug-likeness (QED) is 0.181. The van der Waals surface area contributed by atoms with E-state index < -0.39 is 50.5 Å². The van der Waals surface area contributed by atoms with E-state index in [1.54, 1.807) is 13.8 Å². The predicted octanol–water partition coefficient (Wildman–Crippen LogP) is 2.42. The van der Waals surface area contributed by atoms with E-state index in [1.807, 2.05) is 22.0 Å². The second kappa shape index (κ2) is 11.6. The number of ether oxygens (including phenoxy) is 3. The number of rotatable bonds is 11. The van der Waals surface area contributed by atoms with E-state index >= 15 is 4.39 Å². The summed E-state index contributed by atoms with van der Waals surface area (Å²) in [5, 5.41) is 13.2. The van der Waals surface area contributed by atoms with Crippen molar-refractivity contribution in [3.8, 4) is 5.88 Å². The van der Waals surface area contributed by atoms with Crippen LogP contribution in [0.25, 0.3) is 11.2 Å². The summed E-state index contributed by atoms with van der Waals surface area (Å²) in [5.41, 5.74) is 3.73. The molecule has 3 heterocycles. The Morgan fingerprint density at radius 1 is 1.47 bits per heavy atom. The lowest BCUT2D eigenvalue weighted by molar-refractivity contribution is -0.149. The first kappa shape index (κ1) is 29.3. The Kier molecular flexibility index (Phi) is 9.47. The largest absolute Gasteiger partial charge is 0.479 e. The Morgan fingerprint density at radius 2 is 2.17 bits per heavy atom. The Labute approximate surface area is 221 Å². The standard InChI is InChI=1S/C18H28FIN6O8P2/c1-8(2)32-15(28)9(3)25-36(29,34-35-20)31-6-10-12(27)18(4,19)16(33-10)26-7-22-11-13(26)23-17(21)24-14(11)30-5/h7-10,12,16,27,35H,6H2,1-5H3,(H,25,29)(H2,21,23,24)/t9-,10+,12+,16+,18+,36?/m0/s1. The van der Waals surface area contributed by atoms with Gasteiger partial charge in [-0.15, -0.1) is 0 Å². The van der Waals surface area contributed by atoms with Crippen LogP contribution in [0.5, 0.6) is 5.88 Å². The second-order valence-electron chi connectivity index (χ2n) is 8.34. The molecule has 4 N–H and O–H groups in total. The molecule has 3 rings (SSSR count). The van der Waals surface area contributed by atoms with Gasteiger partial charge in [-0.05, 0) is 49.7 Å². The lowest BCUT2D eigenvalue weighted by Gasteiger charge is -2.25. The first-order valence-corrected chi connectivity index (χ1v) is 16.2. The fraction of sp³-hybridized carbons (Fsp3) is 0.667. The number of nitrogens with one attached hydrogen (secondary N) is 1. The maximum Gasteiger partial charge on any atom is 0.410 e. The zero-order valence-corrected chi connectivity index (χ0v) is 24.1. The van der Waals surface area contributed by atoms with Gasteiger partial charge in [0.15, 0.2) is 23.1 Å². The monoisotopic (exact) mass is 664 g/mol. The van der Waals surface area contributed by atoms with Gasteiger partial charge in [-0.3, -0.25) is 18.2 Å². The number of hydrogen-bond acceptors (Lipinski definition) is 12. The number of aliphatic hydroxyl groups excluding tert-OH is 1. The first-order chi connectivity index (χ1) is 16.8. The van der Waals surface area contributed by atoms with Crippen molar-refractivity contribution in [1.29, 1.82) is 0 Å². The van der Waals surface area contributed by atoms with Crippen LogP contribution in [0.4, 0.5) is 10.3 Å². The molecule has 0 saturated carbocycles. The smallest absolute Gasteiger partial charge is 0.410 e. The Bertz CT molecular complexity index is 1140. The summed E-state index contributed by atoms with van der Waals surface area (Å²) in [6.45, 7) is 5.10. The maximum absolute atomic E-state index is 15.7. The molecule has 202 valence electrons. The molecule has 0 radical (unpaired) electrons. The number of nitrogen functional groups attached to an aromatic ring is 1. The molecule has 1 aliphatic heterocycles. The van der Waals surface area contributed by atoms with E-state index in [-0.39, 0.29) is 35.5 Å². The number of carbonyl (C=O) groups excluding carboxylic acids is 1. The van der Waals surface area contributed by atoms with Crippen molar-refractivity contribution in [1.82, 2.24) is 24.6 Å². The van der Waals surface area contributed by atoms with Gasteiger partial charge in [0.1, 0.15) is 18.2 Å². The molecule has 1 fully saturated rings. The molecule has 18 heteroatoms. The van der Waals surface area contributed by atoms with Crippen LogP contribution in [0.3, 0.4) is 0 Å². The Hall–Kier alpha value is -1.26. The normalized spacial score (nSPS) is 27.1. The maximum atomic E-state index is 15.7. The van der Waals surface area contributed by atoms with E-state index in [1.165, 1.54) is 24.9 Å². The van der Waals surface area contributed by atoms with E-state index in [0.717, 1.165) is 6.92 Å². The highest BCUT2D eigenvalue weighted by molar-refractivity contribution is 14.2. The molecule has 0 aromatic carbocycles. The number of halogens is 2. The van der Waals surface area contributed by atoms with Crippen LogP contribution < -0.4 is 15.6 Å². The minimum Gasteiger partial charge on any atom is -0.479 e. The third-order valence-corrected chi connectivity index (χ3v) is 9.39. The summed E-state index contributed by atoms with van der Waals surface area (Å²) >= 11 is 1.83. The molecular weight excluding hydrogens is 636 g/mol. The van der Waals surface area contributed by atoms with Crippen molar-refractivity contribution in [2.75, 3.05) is 19.5 Å². The average Bonchev–Trinajstić information content (AvgIpc) is 3.29. The number of hydrogen-bond donors (Lipinski definition) is 3. The highest BCUT2D eigenvalue weighted by Crippen LogP contribution is 2.53. The zero-order chi connectivity index (χ0) is 26.8. The van der Waals surface area contributed by atoms with E-state index in [0.29, 0.717) is 0 Å². The summed E-state index contributed by atoms with van der Waals surface area (Å²) in [6, 6.07) is -1.03. The van der Waals surface area contributed by atoms with Crippen LogP contribution in [0.15, 0.2) is 6.33 Å². The molecule has 1 saturated heterocycles. The number of esters is 1. The van der Waals surface area contributed by atoms with Gasteiger partial charge in [0.05, 0.1) is 32.6 Å². The number of anilines is 1. The summed E-state index contributed by atoms with van der Waals surface area (Å²) in [5.74, 6) is -0.704. The number of methoxy groups -OCH3 is 1. The molecule has 2 aromatic heterocycles. The summed E-state index contributed by atoms with van der Waals surface area (Å²) < 4.78 is 56.8. The Balaban J connectivity index is 1.79. The summed E-state index contributed by atoms with van der Waals surface area (Å²) in [6.07, 6.45) is -3.48. The van der Waals surface area contributed by atoms with Gasteiger partial charge >= 0.3 is 13.7 Å². The summed E-state index contributed by atoms with van der Waals surface area (Å²) in [7, 11) is -2.69. The average molecular weight is 664 g/mol. The van der Waals surface area contributed by atoms with Gasteiger partial charge in [0.25, 0.3) is 0 Å².